The first-order valence-electron chi connectivity index (χ1n) is 5.96. The fraction of sp³-hybridized carbons (Fsp3) is 0.583. The molecule has 0 bridgehead atoms. The highest BCUT2D eigenvalue weighted by molar-refractivity contribution is 5.68. The Hall–Kier alpha value is -1.66. The lowest BCUT2D eigenvalue weighted by molar-refractivity contribution is -0.163. The maximum Gasteiger partial charge on any atom is 0.422 e. The molecule has 0 N–H and O–H groups in total. The van der Waals surface area contributed by atoms with Gasteiger partial charge in [-0.2, -0.15) is 13.2 Å². The minimum atomic E-state index is -4.49. The Morgan fingerprint density at radius 3 is 2.74 bits per heavy atom. The highest BCUT2D eigenvalue weighted by atomic mass is 19.4. The van der Waals surface area contributed by atoms with E-state index >= 15 is 0 Å². The summed E-state index contributed by atoms with van der Waals surface area (Å²) in [6, 6.07) is 3.52. The number of carbonyl (C=O) groups is 1. The quantitative estimate of drug-likeness (QED) is 0.790. The number of rotatable bonds is 1. The van der Waals surface area contributed by atoms with Gasteiger partial charge in [-0.05, 0) is 26.0 Å². The molecule has 19 heavy (non-hydrogen) atoms. The molecule has 1 aliphatic rings. The third kappa shape index (κ3) is 2.85. The number of fused-ring (bicyclic) bond motifs is 1. The SMILES string of the molecule is Cc1ccc2n1CCN(C(=O)OCC(F)(F)F)C2C. The number of nitrogens with zero attached hydrogens (tertiary/aromatic N) is 2. The van der Waals surface area contributed by atoms with E-state index in [4.69, 9.17) is 0 Å². The lowest BCUT2D eigenvalue weighted by Gasteiger charge is -2.34. The fourth-order valence-corrected chi connectivity index (χ4v) is 2.30. The third-order valence-electron chi connectivity index (χ3n) is 3.29. The highest BCUT2D eigenvalue weighted by Gasteiger charge is 2.34. The van der Waals surface area contributed by atoms with Gasteiger partial charge in [-0.25, -0.2) is 4.79 Å². The topological polar surface area (TPSA) is 34.5 Å². The van der Waals surface area contributed by atoms with Crippen LogP contribution in [0.5, 0.6) is 0 Å². The van der Waals surface area contributed by atoms with E-state index in [1.807, 2.05) is 19.1 Å². The molecule has 0 aliphatic carbocycles. The summed E-state index contributed by atoms with van der Waals surface area (Å²) in [7, 11) is 0. The second kappa shape index (κ2) is 4.79. The number of hydrogen-bond acceptors (Lipinski definition) is 2. The van der Waals surface area contributed by atoms with Crippen LogP contribution in [0.1, 0.15) is 24.4 Å². The number of amides is 1. The van der Waals surface area contributed by atoms with Crippen LogP contribution < -0.4 is 0 Å². The molecule has 7 heteroatoms. The maximum absolute atomic E-state index is 12.0. The van der Waals surface area contributed by atoms with E-state index < -0.39 is 18.9 Å². The Morgan fingerprint density at radius 1 is 1.42 bits per heavy atom. The molecular weight excluding hydrogens is 261 g/mol. The first-order valence-corrected chi connectivity index (χ1v) is 5.96. The zero-order valence-electron chi connectivity index (χ0n) is 10.7. The standard InChI is InChI=1S/C12H15F3N2O2/c1-8-3-4-10-9(2)17(6-5-16(8)10)11(18)19-7-12(13,14)15/h3-4,9H,5-7H2,1-2H3. The van der Waals surface area contributed by atoms with Crippen molar-refractivity contribution in [3.8, 4) is 0 Å². The van der Waals surface area contributed by atoms with Crippen molar-refractivity contribution in [2.24, 2.45) is 0 Å². The first-order chi connectivity index (χ1) is 8.79. The van der Waals surface area contributed by atoms with Crippen LogP contribution in [-0.4, -0.2) is 34.9 Å². The average molecular weight is 276 g/mol. The minimum absolute atomic E-state index is 0.289. The molecule has 0 aromatic carbocycles. The number of hydrogen-bond donors (Lipinski definition) is 0. The molecule has 106 valence electrons. The van der Waals surface area contributed by atoms with E-state index in [9.17, 15) is 18.0 Å². The van der Waals surface area contributed by atoms with Gasteiger partial charge in [0.1, 0.15) is 0 Å². The monoisotopic (exact) mass is 276 g/mol. The molecule has 0 fully saturated rings. The van der Waals surface area contributed by atoms with Gasteiger partial charge in [0.2, 0.25) is 0 Å². The summed E-state index contributed by atoms with van der Waals surface area (Å²) in [5.74, 6) is 0. The van der Waals surface area contributed by atoms with Gasteiger partial charge >= 0.3 is 12.3 Å². The molecule has 1 amide bonds. The van der Waals surface area contributed by atoms with Crippen LogP contribution in [0.15, 0.2) is 12.1 Å². The molecule has 1 aromatic heterocycles. The number of ether oxygens (including phenoxy) is 1. The van der Waals surface area contributed by atoms with Crippen LogP contribution in [0, 0.1) is 6.92 Å². The van der Waals surface area contributed by atoms with Crippen LogP contribution in [-0.2, 0) is 11.3 Å². The van der Waals surface area contributed by atoms with Crippen molar-refractivity contribution in [2.75, 3.05) is 13.2 Å². The molecule has 0 saturated carbocycles. The number of halogens is 3. The molecule has 0 spiro atoms. The van der Waals surface area contributed by atoms with Crippen molar-refractivity contribution < 1.29 is 22.7 Å². The highest BCUT2D eigenvalue weighted by Crippen LogP contribution is 2.28. The molecule has 1 aromatic rings. The molecule has 1 unspecified atom stereocenters. The van der Waals surface area contributed by atoms with Crippen molar-refractivity contribution in [1.29, 1.82) is 0 Å². The van der Waals surface area contributed by atoms with Gasteiger partial charge < -0.3 is 9.30 Å². The maximum atomic E-state index is 12.0. The smallest absolute Gasteiger partial charge is 0.422 e. The number of carbonyl (C=O) groups excluding carboxylic acids is 1. The minimum Gasteiger partial charge on any atom is -0.440 e. The summed E-state index contributed by atoms with van der Waals surface area (Å²) in [6.07, 6.45) is -5.42. The second-order valence-corrected chi connectivity index (χ2v) is 4.59. The van der Waals surface area contributed by atoms with Crippen molar-refractivity contribution >= 4 is 6.09 Å². The van der Waals surface area contributed by atoms with E-state index in [0.717, 1.165) is 11.4 Å². The van der Waals surface area contributed by atoms with Crippen molar-refractivity contribution in [3.05, 3.63) is 23.5 Å². The molecule has 0 saturated heterocycles. The molecule has 0 radical (unpaired) electrons. The van der Waals surface area contributed by atoms with Gasteiger partial charge in [0.25, 0.3) is 0 Å². The normalized spacial score (nSPS) is 19.2. The number of aryl methyl sites for hydroxylation is 1. The van der Waals surface area contributed by atoms with Gasteiger partial charge in [-0.1, -0.05) is 0 Å². The van der Waals surface area contributed by atoms with Crippen molar-refractivity contribution in [3.63, 3.8) is 0 Å². The lowest BCUT2D eigenvalue weighted by atomic mass is 10.1. The Kier molecular flexibility index (Phi) is 3.47. The molecule has 1 aliphatic heterocycles. The zero-order valence-corrected chi connectivity index (χ0v) is 10.7. The Balaban J connectivity index is 2.05. The predicted octanol–water partition coefficient (Wildman–Crippen LogP) is 2.87. The molecule has 2 rings (SSSR count). The number of alkyl halides is 3. The summed E-state index contributed by atoms with van der Waals surface area (Å²) in [6.45, 7) is 3.10. The summed E-state index contributed by atoms with van der Waals surface area (Å²) in [4.78, 5) is 13.0. The fourth-order valence-electron chi connectivity index (χ4n) is 2.30. The zero-order chi connectivity index (χ0) is 14.2. The molecule has 4 nitrogen and oxygen atoms in total. The summed E-state index contributed by atoms with van der Waals surface area (Å²) in [5, 5.41) is 0. The van der Waals surface area contributed by atoms with Crippen molar-refractivity contribution in [2.45, 2.75) is 32.6 Å². The van der Waals surface area contributed by atoms with Gasteiger partial charge in [0, 0.05) is 24.5 Å². The van der Waals surface area contributed by atoms with Gasteiger partial charge in [0.05, 0.1) is 6.04 Å². The summed E-state index contributed by atoms with van der Waals surface area (Å²) < 4.78 is 42.4. The molecular formula is C12H15F3N2O2. The van der Waals surface area contributed by atoms with E-state index in [1.54, 1.807) is 6.92 Å². The van der Waals surface area contributed by atoms with E-state index in [0.29, 0.717) is 13.1 Å². The molecule has 2 heterocycles. The Bertz CT molecular complexity index is 482. The van der Waals surface area contributed by atoms with Crippen LogP contribution in [0.4, 0.5) is 18.0 Å². The van der Waals surface area contributed by atoms with E-state index in [2.05, 4.69) is 9.30 Å². The number of aromatic nitrogens is 1. The first kappa shape index (κ1) is 13.8. The van der Waals surface area contributed by atoms with Crippen LogP contribution in [0.3, 0.4) is 0 Å². The third-order valence-corrected chi connectivity index (χ3v) is 3.29. The van der Waals surface area contributed by atoms with Gasteiger partial charge in [-0.15, -0.1) is 0 Å². The van der Waals surface area contributed by atoms with Gasteiger partial charge in [-0.3, -0.25) is 4.90 Å². The van der Waals surface area contributed by atoms with Crippen LogP contribution in [0.2, 0.25) is 0 Å². The van der Waals surface area contributed by atoms with Crippen molar-refractivity contribution in [1.82, 2.24) is 9.47 Å². The summed E-state index contributed by atoms with van der Waals surface area (Å²) >= 11 is 0. The largest absolute Gasteiger partial charge is 0.440 e. The predicted molar refractivity (Wildman–Crippen MR) is 61.7 cm³/mol. The van der Waals surface area contributed by atoms with Crippen LogP contribution >= 0.6 is 0 Å². The lowest BCUT2D eigenvalue weighted by Crippen LogP contribution is -2.42. The van der Waals surface area contributed by atoms with Gasteiger partial charge in [0.15, 0.2) is 6.61 Å². The second-order valence-electron chi connectivity index (χ2n) is 4.59. The van der Waals surface area contributed by atoms with E-state index in [1.165, 1.54) is 4.90 Å². The van der Waals surface area contributed by atoms with E-state index in [-0.39, 0.29) is 6.04 Å². The Labute approximate surface area is 108 Å². The summed E-state index contributed by atoms with van der Waals surface area (Å²) in [5.41, 5.74) is 1.98. The Morgan fingerprint density at radius 2 is 2.11 bits per heavy atom. The van der Waals surface area contributed by atoms with Crippen LogP contribution in [0.25, 0.3) is 0 Å². The molecule has 1 atom stereocenters. The average Bonchev–Trinajstić information content (AvgIpc) is 2.69.